The first-order valence-electron chi connectivity index (χ1n) is 10.5. The fourth-order valence-corrected chi connectivity index (χ4v) is 3.19. The molecule has 0 aromatic heterocycles. The molecule has 0 unspecified atom stereocenters. The number of anilines is 1. The van der Waals surface area contributed by atoms with Crippen LogP contribution < -0.4 is 15.8 Å². The molecule has 1 aliphatic heterocycles. The maximum atomic E-state index is 12.6. The summed E-state index contributed by atoms with van der Waals surface area (Å²) in [6, 6.07) is 3.06. The molecule has 1 aliphatic rings. The van der Waals surface area contributed by atoms with Gasteiger partial charge in [0.25, 0.3) is 5.91 Å². The van der Waals surface area contributed by atoms with Crippen LogP contribution in [-0.4, -0.2) is 92.0 Å². The second-order valence-corrected chi connectivity index (χ2v) is 7.73. The van der Waals surface area contributed by atoms with Crippen molar-refractivity contribution in [2.75, 3.05) is 52.8 Å². The molecule has 12 nitrogen and oxygen atoms in total. The number of carbonyl (C=O) groups excluding carboxylic acids is 2. The molecular weight excluding hydrogens is 486 g/mol. The summed E-state index contributed by atoms with van der Waals surface area (Å²) in [6.07, 6.45) is 2.59. The molecule has 0 spiro atoms. The third-order valence-electron chi connectivity index (χ3n) is 4.76. The maximum Gasteiger partial charge on any atom is 0.328 e. The standard InChI is InChI=1S/C18H26ClN3O5.C4H4O4/c1-25-7-8-27-17(23)11-22-5-3-12(4-6-22)21-18(24)13-9-14(19)15(20)10-16(13)26-2;5-3(6)1-2-4(7)8/h9-10,12H,3-8,11,20H2,1-2H3,(H,21,24);1-2H,(H,5,6)(H,7,8)/b;2-1+. The van der Waals surface area contributed by atoms with Gasteiger partial charge in [0.2, 0.25) is 0 Å². The molecule has 1 saturated heterocycles. The number of nitrogens with one attached hydrogen (secondary N) is 1. The molecule has 0 atom stereocenters. The fraction of sp³-hybridized carbons (Fsp3) is 0.455. The number of methoxy groups -OCH3 is 2. The van der Waals surface area contributed by atoms with E-state index in [1.165, 1.54) is 19.2 Å². The first-order chi connectivity index (χ1) is 16.6. The Kier molecular flexibility index (Phi) is 13.2. The van der Waals surface area contributed by atoms with Crippen LogP contribution in [0.2, 0.25) is 5.02 Å². The highest BCUT2D eigenvalue weighted by molar-refractivity contribution is 6.33. The number of ether oxygens (including phenoxy) is 3. The Morgan fingerprint density at radius 2 is 1.71 bits per heavy atom. The SMILES string of the molecule is COCCOC(=O)CN1CCC(NC(=O)c2cc(Cl)c(N)cc2OC)CC1.O=C(O)/C=C/C(=O)O. The van der Waals surface area contributed by atoms with Crippen LogP contribution in [0.5, 0.6) is 5.75 Å². The Labute approximate surface area is 207 Å². The van der Waals surface area contributed by atoms with Gasteiger partial charge in [-0.05, 0) is 18.9 Å². The van der Waals surface area contributed by atoms with Crippen LogP contribution in [0.3, 0.4) is 0 Å². The van der Waals surface area contributed by atoms with Crippen LogP contribution in [-0.2, 0) is 23.9 Å². The zero-order valence-corrected chi connectivity index (χ0v) is 20.2. The first-order valence-corrected chi connectivity index (χ1v) is 10.9. The lowest BCUT2D eigenvalue weighted by atomic mass is 10.0. The molecule has 194 valence electrons. The number of hydrogen-bond donors (Lipinski definition) is 4. The summed E-state index contributed by atoms with van der Waals surface area (Å²) in [4.78, 5) is 45.4. The molecule has 35 heavy (non-hydrogen) atoms. The minimum atomic E-state index is -1.26. The number of rotatable bonds is 10. The van der Waals surface area contributed by atoms with Gasteiger partial charge < -0.3 is 35.5 Å². The molecule has 1 fully saturated rings. The highest BCUT2D eigenvalue weighted by atomic mass is 35.5. The first kappa shape index (κ1) is 29.7. The summed E-state index contributed by atoms with van der Waals surface area (Å²) in [5.41, 5.74) is 6.45. The van der Waals surface area contributed by atoms with Crippen LogP contribution in [0, 0.1) is 0 Å². The van der Waals surface area contributed by atoms with Crippen molar-refractivity contribution in [1.82, 2.24) is 10.2 Å². The molecule has 13 heteroatoms. The second-order valence-electron chi connectivity index (χ2n) is 7.32. The van der Waals surface area contributed by atoms with Crippen molar-refractivity contribution < 1.29 is 43.6 Å². The van der Waals surface area contributed by atoms with Gasteiger partial charge in [-0.2, -0.15) is 0 Å². The third kappa shape index (κ3) is 11.6. The molecule has 1 aromatic carbocycles. The monoisotopic (exact) mass is 515 g/mol. The van der Waals surface area contributed by atoms with Crippen molar-refractivity contribution in [2.24, 2.45) is 0 Å². The molecule has 1 amide bonds. The molecule has 0 saturated carbocycles. The van der Waals surface area contributed by atoms with E-state index in [-0.39, 0.29) is 31.1 Å². The lowest BCUT2D eigenvalue weighted by Crippen LogP contribution is -2.46. The van der Waals surface area contributed by atoms with E-state index in [1.807, 2.05) is 4.90 Å². The molecule has 1 aromatic rings. The van der Waals surface area contributed by atoms with Crippen molar-refractivity contribution in [3.05, 3.63) is 34.9 Å². The number of carboxylic acids is 2. The minimum Gasteiger partial charge on any atom is -0.496 e. The highest BCUT2D eigenvalue weighted by Crippen LogP contribution is 2.29. The Morgan fingerprint density at radius 1 is 1.11 bits per heavy atom. The molecule has 5 N–H and O–H groups in total. The Balaban J connectivity index is 0.000000658. The average Bonchev–Trinajstić information content (AvgIpc) is 2.81. The highest BCUT2D eigenvalue weighted by Gasteiger charge is 2.24. The number of piperidine rings is 1. The molecule has 0 radical (unpaired) electrons. The van der Waals surface area contributed by atoms with Gasteiger partial charge in [-0.3, -0.25) is 14.5 Å². The molecule has 2 rings (SSSR count). The topological polar surface area (TPSA) is 178 Å². The number of benzene rings is 1. The molecule has 0 aliphatic carbocycles. The summed E-state index contributed by atoms with van der Waals surface area (Å²) in [5.74, 6) is -2.66. The summed E-state index contributed by atoms with van der Waals surface area (Å²) in [5, 5.41) is 18.9. The zero-order valence-electron chi connectivity index (χ0n) is 19.5. The summed E-state index contributed by atoms with van der Waals surface area (Å²) >= 11 is 6.02. The van der Waals surface area contributed by atoms with Crippen molar-refractivity contribution in [1.29, 1.82) is 0 Å². The van der Waals surface area contributed by atoms with Crippen molar-refractivity contribution in [3.8, 4) is 5.75 Å². The van der Waals surface area contributed by atoms with Gasteiger partial charge in [0.1, 0.15) is 12.4 Å². The number of hydrogen-bond acceptors (Lipinski definition) is 9. The number of nitrogens with zero attached hydrogens (tertiary/aromatic N) is 1. The van der Waals surface area contributed by atoms with Crippen LogP contribution in [0.15, 0.2) is 24.3 Å². The Morgan fingerprint density at radius 3 is 2.23 bits per heavy atom. The third-order valence-corrected chi connectivity index (χ3v) is 5.09. The second kappa shape index (κ2) is 15.5. The number of likely N-dealkylation sites (tertiary alicyclic amines) is 1. The van der Waals surface area contributed by atoms with Gasteiger partial charge >= 0.3 is 17.9 Å². The van der Waals surface area contributed by atoms with Gasteiger partial charge in [-0.1, -0.05) is 11.6 Å². The largest absolute Gasteiger partial charge is 0.496 e. The van der Waals surface area contributed by atoms with Gasteiger partial charge in [-0.15, -0.1) is 0 Å². The van der Waals surface area contributed by atoms with E-state index in [2.05, 4.69) is 5.32 Å². The number of halogens is 1. The van der Waals surface area contributed by atoms with E-state index in [1.54, 1.807) is 7.11 Å². The Bertz CT molecular complexity index is 900. The van der Waals surface area contributed by atoms with Crippen molar-refractivity contribution in [3.63, 3.8) is 0 Å². The summed E-state index contributed by atoms with van der Waals surface area (Å²) in [6.45, 7) is 2.28. The predicted octanol–water partition coefficient (Wildman–Crippen LogP) is 1.03. The molecular formula is C22H30ClN3O9. The predicted molar refractivity (Wildman–Crippen MR) is 127 cm³/mol. The number of carbonyl (C=O) groups is 4. The number of aliphatic carboxylic acids is 2. The molecule has 1 heterocycles. The maximum absolute atomic E-state index is 12.6. The van der Waals surface area contributed by atoms with E-state index in [0.29, 0.717) is 53.9 Å². The van der Waals surface area contributed by atoms with Gasteiger partial charge in [0.15, 0.2) is 0 Å². The lowest BCUT2D eigenvalue weighted by Gasteiger charge is -2.31. The van der Waals surface area contributed by atoms with Crippen LogP contribution in [0.4, 0.5) is 5.69 Å². The average molecular weight is 516 g/mol. The lowest BCUT2D eigenvalue weighted by molar-refractivity contribution is -0.146. The van der Waals surface area contributed by atoms with Crippen LogP contribution >= 0.6 is 11.6 Å². The van der Waals surface area contributed by atoms with E-state index in [0.717, 1.165) is 12.8 Å². The number of esters is 1. The van der Waals surface area contributed by atoms with E-state index in [4.69, 9.17) is 41.8 Å². The van der Waals surface area contributed by atoms with E-state index < -0.39 is 11.9 Å². The van der Waals surface area contributed by atoms with Crippen molar-refractivity contribution in [2.45, 2.75) is 18.9 Å². The smallest absolute Gasteiger partial charge is 0.328 e. The van der Waals surface area contributed by atoms with Gasteiger partial charge in [0.05, 0.1) is 36.5 Å². The van der Waals surface area contributed by atoms with Crippen molar-refractivity contribution >= 4 is 41.1 Å². The van der Waals surface area contributed by atoms with E-state index in [9.17, 15) is 19.2 Å². The number of nitrogen functional groups attached to an aromatic ring is 1. The van der Waals surface area contributed by atoms with Crippen LogP contribution in [0.1, 0.15) is 23.2 Å². The number of carboxylic acid groups (broad SMARTS) is 2. The zero-order chi connectivity index (χ0) is 26.4. The molecule has 0 bridgehead atoms. The van der Waals surface area contributed by atoms with Gasteiger partial charge in [-0.25, -0.2) is 9.59 Å². The quantitative estimate of drug-likeness (QED) is 0.151. The van der Waals surface area contributed by atoms with Crippen LogP contribution in [0.25, 0.3) is 0 Å². The van der Waals surface area contributed by atoms with Gasteiger partial charge in [0, 0.05) is 44.5 Å². The normalized spacial score (nSPS) is 14.0. The fourth-order valence-electron chi connectivity index (χ4n) is 3.02. The Hall–Kier alpha value is -3.35. The number of amides is 1. The number of nitrogens with two attached hydrogens (primary N) is 1. The summed E-state index contributed by atoms with van der Waals surface area (Å²) in [7, 11) is 3.03. The summed E-state index contributed by atoms with van der Waals surface area (Å²) < 4.78 is 15.1. The minimum absolute atomic E-state index is 0.0132. The van der Waals surface area contributed by atoms with E-state index >= 15 is 0 Å².